The van der Waals surface area contributed by atoms with Crippen LogP contribution in [-0.4, -0.2) is 45.7 Å². The molecule has 2 aromatic carbocycles. The Morgan fingerprint density at radius 1 is 1.12 bits per heavy atom. The second kappa shape index (κ2) is 8.23. The van der Waals surface area contributed by atoms with Crippen LogP contribution in [0.5, 0.6) is 5.75 Å². The quantitative estimate of drug-likeness (QED) is 0.858. The summed E-state index contributed by atoms with van der Waals surface area (Å²) < 4.78 is 5.46. The summed E-state index contributed by atoms with van der Waals surface area (Å²) in [7, 11) is 1.71. The molecule has 1 aliphatic rings. The highest BCUT2D eigenvalue weighted by molar-refractivity contribution is 5.92. The molecule has 5 heteroatoms. The minimum absolute atomic E-state index is 0.0828. The Kier molecular flexibility index (Phi) is 5.78. The van der Waals surface area contributed by atoms with E-state index in [0.717, 1.165) is 48.9 Å². The van der Waals surface area contributed by atoms with E-state index in [0.29, 0.717) is 6.54 Å². The van der Waals surface area contributed by atoms with Crippen molar-refractivity contribution in [1.82, 2.24) is 0 Å². The number of carbonyl (C=O) groups is 1. The van der Waals surface area contributed by atoms with Crippen molar-refractivity contribution in [1.29, 1.82) is 0 Å². The lowest BCUT2D eigenvalue weighted by molar-refractivity contribution is -0.892. The Bertz CT molecular complexity index is 768. The lowest BCUT2D eigenvalue weighted by Crippen LogP contribution is -3.15. The van der Waals surface area contributed by atoms with Crippen LogP contribution in [0.15, 0.2) is 42.5 Å². The SMILES string of the molecule is COc1ccccc1N1CC[NH+](CC(=O)Nc2cccc(C)c2C)CC1. The van der Waals surface area contributed by atoms with Crippen molar-refractivity contribution in [3.05, 3.63) is 53.6 Å². The minimum atomic E-state index is 0.0828. The van der Waals surface area contributed by atoms with Crippen molar-refractivity contribution in [3.63, 3.8) is 0 Å². The number of ether oxygens (including phenoxy) is 1. The number of carbonyl (C=O) groups excluding carboxylic acids is 1. The maximum absolute atomic E-state index is 12.4. The molecule has 0 saturated carbocycles. The topological polar surface area (TPSA) is 46.0 Å². The number of aryl methyl sites for hydroxylation is 1. The van der Waals surface area contributed by atoms with E-state index in [1.165, 1.54) is 10.5 Å². The molecule has 1 heterocycles. The number of piperazine rings is 1. The van der Waals surface area contributed by atoms with E-state index in [4.69, 9.17) is 4.74 Å². The van der Waals surface area contributed by atoms with Crippen LogP contribution in [-0.2, 0) is 4.79 Å². The summed E-state index contributed by atoms with van der Waals surface area (Å²) in [4.78, 5) is 16.1. The predicted molar refractivity (Wildman–Crippen MR) is 105 cm³/mol. The lowest BCUT2D eigenvalue weighted by atomic mass is 10.1. The average Bonchev–Trinajstić information content (AvgIpc) is 2.66. The number of methoxy groups -OCH3 is 1. The van der Waals surface area contributed by atoms with Gasteiger partial charge in [-0.2, -0.15) is 0 Å². The van der Waals surface area contributed by atoms with E-state index in [9.17, 15) is 4.79 Å². The van der Waals surface area contributed by atoms with Gasteiger partial charge in [-0.25, -0.2) is 0 Å². The van der Waals surface area contributed by atoms with E-state index >= 15 is 0 Å². The largest absolute Gasteiger partial charge is 0.495 e. The first-order valence-electron chi connectivity index (χ1n) is 9.16. The highest BCUT2D eigenvalue weighted by Crippen LogP contribution is 2.27. The second-order valence-corrected chi connectivity index (χ2v) is 6.88. The number of nitrogens with zero attached hydrogens (tertiary/aromatic N) is 1. The predicted octanol–water partition coefficient (Wildman–Crippen LogP) is 1.66. The molecule has 0 bridgehead atoms. The Labute approximate surface area is 155 Å². The molecule has 138 valence electrons. The van der Waals surface area contributed by atoms with Crippen molar-refractivity contribution < 1.29 is 14.4 Å². The molecule has 1 amide bonds. The Balaban J connectivity index is 1.54. The molecule has 1 fully saturated rings. The third-order valence-corrected chi connectivity index (χ3v) is 5.19. The van der Waals surface area contributed by atoms with Crippen molar-refractivity contribution in [2.75, 3.05) is 50.1 Å². The summed E-state index contributed by atoms with van der Waals surface area (Å²) in [5, 5.41) is 3.07. The second-order valence-electron chi connectivity index (χ2n) is 6.88. The van der Waals surface area contributed by atoms with Crippen LogP contribution in [0.3, 0.4) is 0 Å². The summed E-state index contributed by atoms with van der Waals surface area (Å²) >= 11 is 0. The van der Waals surface area contributed by atoms with E-state index in [-0.39, 0.29) is 5.91 Å². The number of anilines is 2. The molecule has 1 saturated heterocycles. The fourth-order valence-corrected chi connectivity index (χ4v) is 3.44. The Hall–Kier alpha value is -2.53. The molecule has 26 heavy (non-hydrogen) atoms. The number of hydrogen-bond donors (Lipinski definition) is 2. The molecule has 0 unspecified atom stereocenters. The normalized spacial score (nSPS) is 15.0. The number of hydrogen-bond acceptors (Lipinski definition) is 3. The van der Waals surface area contributed by atoms with Crippen LogP contribution >= 0.6 is 0 Å². The lowest BCUT2D eigenvalue weighted by Gasteiger charge is -2.34. The first-order valence-corrected chi connectivity index (χ1v) is 9.16. The first-order chi connectivity index (χ1) is 12.6. The number of rotatable bonds is 5. The Morgan fingerprint density at radius 3 is 2.58 bits per heavy atom. The molecule has 2 N–H and O–H groups in total. The maximum atomic E-state index is 12.4. The Morgan fingerprint density at radius 2 is 1.85 bits per heavy atom. The van der Waals surface area contributed by atoms with Crippen molar-refractivity contribution >= 4 is 17.3 Å². The third kappa shape index (κ3) is 4.17. The van der Waals surface area contributed by atoms with Crippen molar-refractivity contribution in [3.8, 4) is 5.75 Å². The van der Waals surface area contributed by atoms with Gasteiger partial charge in [-0.3, -0.25) is 4.79 Å². The van der Waals surface area contributed by atoms with Gasteiger partial charge < -0.3 is 19.9 Å². The van der Waals surface area contributed by atoms with Gasteiger partial charge in [0, 0.05) is 5.69 Å². The zero-order valence-corrected chi connectivity index (χ0v) is 15.8. The van der Waals surface area contributed by atoms with E-state index in [1.54, 1.807) is 7.11 Å². The molecule has 2 aromatic rings. The molecular weight excluding hydrogens is 326 g/mol. The van der Waals surface area contributed by atoms with Gasteiger partial charge in [0.1, 0.15) is 5.75 Å². The van der Waals surface area contributed by atoms with E-state index < -0.39 is 0 Å². The molecule has 3 rings (SSSR count). The highest BCUT2D eigenvalue weighted by atomic mass is 16.5. The van der Waals surface area contributed by atoms with Crippen LogP contribution in [0, 0.1) is 13.8 Å². The first kappa shape index (κ1) is 18.3. The van der Waals surface area contributed by atoms with Gasteiger partial charge in [0.15, 0.2) is 6.54 Å². The molecule has 0 atom stereocenters. The maximum Gasteiger partial charge on any atom is 0.279 e. The number of nitrogens with one attached hydrogen (secondary N) is 2. The van der Waals surface area contributed by atoms with Gasteiger partial charge in [-0.05, 0) is 43.2 Å². The van der Waals surface area contributed by atoms with Crippen LogP contribution in [0.25, 0.3) is 0 Å². The van der Waals surface area contributed by atoms with E-state index in [2.05, 4.69) is 29.3 Å². The fourth-order valence-electron chi connectivity index (χ4n) is 3.44. The third-order valence-electron chi connectivity index (χ3n) is 5.19. The molecule has 5 nitrogen and oxygen atoms in total. The smallest absolute Gasteiger partial charge is 0.279 e. The highest BCUT2D eigenvalue weighted by Gasteiger charge is 2.24. The summed E-state index contributed by atoms with van der Waals surface area (Å²) in [6.07, 6.45) is 0. The van der Waals surface area contributed by atoms with E-state index in [1.807, 2.05) is 37.3 Å². The molecule has 0 aliphatic carbocycles. The summed E-state index contributed by atoms with van der Waals surface area (Å²) in [6, 6.07) is 14.1. The van der Waals surface area contributed by atoms with Gasteiger partial charge >= 0.3 is 0 Å². The molecular formula is C21H28N3O2+. The van der Waals surface area contributed by atoms with Gasteiger partial charge in [0.05, 0.1) is 39.0 Å². The standard InChI is InChI=1S/C21H27N3O2/c1-16-7-6-8-18(17(16)2)22-21(25)15-23-11-13-24(14-12-23)19-9-4-5-10-20(19)26-3/h4-10H,11-15H2,1-3H3,(H,22,25)/p+1. The average molecular weight is 354 g/mol. The number of para-hydroxylation sites is 2. The molecule has 0 spiro atoms. The number of amides is 1. The van der Waals surface area contributed by atoms with Crippen LogP contribution in [0.4, 0.5) is 11.4 Å². The summed E-state index contributed by atoms with van der Waals surface area (Å²) in [6.45, 7) is 8.35. The number of quaternary nitrogens is 1. The van der Waals surface area contributed by atoms with Gasteiger partial charge in [-0.1, -0.05) is 24.3 Å². The number of benzene rings is 2. The van der Waals surface area contributed by atoms with Crippen molar-refractivity contribution in [2.45, 2.75) is 13.8 Å². The van der Waals surface area contributed by atoms with Gasteiger partial charge in [-0.15, -0.1) is 0 Å². The minimum Gasteiger partial charge on any atom is -0.495 e. The molecule has 1 aliphatic heterocycles. The van der Waals surface area contributed by atoms with Crippen LogP contribution < -0.4 is 19.9 Å². The van der Waals surface area contributed by atoms with Gasteiger partial charge in [0.25, 0.3) is 5.91 Å². The molecule has 0 radical (unpaired) electrons. The zero-order chi connectivity index (χ0) is 18.5. The van der Waals surface area contributed by atoms with Crippen LogP contribution in [0.1, 0.15) is 11.1 Å². The summed E-state index contributed by atoms with van der Waals surface area (Å²) in [5.41, 5.74) is 4.38. The fraction of sp³-hybridized carbons (Fsp3) is 0.381. The monoisotopic (exact) mass is 354 g/mol. The van der Waals surface area contributed by atoms with Crippen LogP contribution in [0.2, 0.25) is 0 Å². The summed E-state index contributed by atoms with van der Waals surface area (Å²) in [5.74, 6) is 0.989. The van der Waals surface area contributed by atoms with Gasteiger partial charge in [0.2, 0.25) is 0 Å². The van der Waals surface area contributed by atoms with Crippen molar-refractivity contribution in [2.24, 2.45) is 0 Å². The molecule has 0 aromatic heterocycles. The zero-order valence-electron chi connectivity index (χ0n) is 15.8.